The topological polar surface area (TPSA) is 42.9 Å². The molecule has 20 heavy (non-hydrogen) atoms. The Balaban J connectivity index is 1.50. The maximum Gasteiger partial charge on any atom is 0.231 e. The monoisotopic (exact) mass is 290 g/mol. The van der Waals surface area contributed by atoms with E-state index in [-0.39, 0.29) is 0 Å². The van der Waals surface area contributed by atoms with Crippen molar-refractivity contribution in [1.29, 1.82) is 0 Å². The number of nitrogens with zero attached hydrogens (tertiary/aromatic N) is 1. The van der Waals surface area contributed by atoms with Gasteiger partial charge in [-0.1, -0.05) is 24.6 Å². The Hall–Kier alpha value is -1.36. The average Bonchev–Trinajstić information content (AvgIpc) is 2.95. The number of anilines is 1. The van der Waals surface area contributed by atoms with Crippen molar-refractivity contribution >= 4 is 22.6 Å². The van der Waals surface area contributed by atoms with E-state index in [4.69, 9.17) is 14.5 Å². The molecule has 1 N–H and O–H groups in total. The third kappa shape index (κ3) is 2.35. The number of fused-ring (bicyclic) bond motifs is 2. The number of hydrogen-bond acceptors (Lipinski definition) is 5. The van der Waals surface area contributed by atoms with Crippen molar-refractivity contribution in [2.24, 2.45) is 10.9 Å². The second kappa shape index (κ2) is 5.20. The average molecular weight is 290 g/mol. The van der Waals surface area contributed by atoms with Crippen LogP contribution in [0, 0.1) is 5.92 Å². The molecule has 2 heterocycles. The first kappa shape index (κ1) is 12.4. The second-order valence-corrected chi connectivity index (χ2v) is 6.56. The fourth-order valence-electron chi connectivity index (χ4n) is 3.09. The van der Waals surface area contributed by atoms with Crippen LogP contribution in [-0.4, -0.2) is 23.8 Å². The molecule has 4 rings (SSSR count). The van der Waals surface area contributed by atoms with Gasteiger partial charge in [0.05, 0.1) is 6.04 Å². The lowest BCUT2D eigenvalue weighted by atomic mass is 9.86. The van der Waals surface area contributed by atoms with Gasteiger partial charge in [0, 0.05) is 17.5 Å². The summed E-state index contributed by atoms with van der Waals surface area (Å²) in [6, 6.07) is 6.48. The van der Waals surface area contributed by atoms with Gasteiger partial charge < -0.3 is 14.8 Å². The molecule has 5 heteroatoms. The lowest BCUT2D eigenvalue weighted by molar-refractivity contribution is 0.174. The summed E-state index contributed by atoms with van der Waals surface area (Å²) in [7, 11) is 0. The van der Waals surface area contributed by atoms with E-state index >= 15 is 0 Å². The first-order chi connectivity index (χ1) is 9.88. The Bertz CT molecular complexity index is 547. The zero-order chi connectivity index (χ0) is 13.4. The van der Waals surface area contributed by atoms with Gasteiger partial charge in [0.2, 0.25) is 6.79 Å². The summed E-state index contributed by atoms with van der Waals surface area (Å²) >= 11 is 1.84. The summed E-state index contributed by atoms with van der Waals surface area (Å²) in [5.41, 5.74) is 1.02. The van der Waals surface area contributed by atoms with Gasteiger partial charge in [0.25, 0.3) is 0 Å². The molecule has 2 unspecified atom stereocenters. The molecular weight excluding hydrogens is 272 g/mol. The van der Waals surface area contributed by atoms with E-state index in [9.17, 15) is 0 Å². The molecule has 106 valence electrons. The van der Waals surface area contributed by atoms with Gasteiger partial charge >= 0.3 is 0 Å². The lowest BCUT2D eigenvalue weighted by Gasteiger charge is -2.32. The van der Waals surface area contributed by atoms with E-state index in [0.29, 0.717) is 12.8 Å². The molecule has 1 aromatic carbocycles. The molecule has 0 aromatic heterocycles. The smallest absolute Gasteiger partial charge is 0.231 e. The van der Waals surface area contributed by atoms with Gasteiger partial charge in [-0.15, -0.1) is 0 Å². The minimum atomic E-state index is 0.318. The maximum absolute atomic E-state index is 5.41. The SMILES string of the molecule is c1cc2c(cc1NC1=NC3CCCCC3CS1)OCO2. The summed E-state index contributed by atoms with van der Waals surface area (Å²) in [4.78, 5) is 4.89. The van der Waals surface area contributed by atoms with Crippen LogP contribution in [0.5, 0.6) is 11.5 Å². The van der Waals surface area contributed by atoms with Crippen LogP contribution >= 0.6 is 11.8 Å². The van der Waals surface area contributed by atoms with Crippen molar-refractivity contribution < 1.29 is 9.47 Å². The summed E-state index contributed by atoms with van der Waals surface area (Å²) < 4.78 is 10.7. The highest BCUT2D eigenvalue weighted by Crippen LogP contribution is 2.36. The third-order valence-electron chi connectivity index (χ3n) is 4.21. The van der Waals surface area contributed by atoms with Gasteiger partial charge in [-0.25, -0.2) is 0 Å². The molecule has 0 amide bonds. The van der Waals surface area contributed by atoms with Crippen LogP contribution in [0.3, 0.4) is 0 Å². The van der Waals surface area contributed by atoms with E-state index in [0.717, 1.165) is 28.3 Å². The molecule has 2 atom stereocenters. The molecule has 4 nitrogen and oxygen atoms in total. The van der Waals surface area contributed by atoms with Crippen molar-refractivity contribution in [3.8, 4) is 11.5 Å². The van der Waals surface area contributed by atoms with Crippen LogP contribution in [0.4, 0.5) is 5.69 Å². The Morgan fingerprint density at radius 3 is 3.05 bits per heavy atom. The molecular formula is C15H18N2O2S. The number of nitrogens with one attached hydrogen (secondary N) is 1. The number of benzene rings is 1. The van der Waals surface area contributed by atoms with Crippen LogP contribution in [0.15, 0.2) is 23.2 Å². The minimum absolute atomic E-state index is 0.318. The van der Waals surface area contributed by atoms with E-state index in [1.165, 1.54) is 31.4 Å². The molecule has 0 radical (unpaired) electrons. The first-order valence-corrected chi connectivity index (χ1v) is 8.24. The van der Waals surface area contributed by atoms with Crippen molar-refractivity contribution in [2.45, 2.75) is 31.7 Å². The highest BCUT2D eigenvalue weighted by atomic mass is 32.2. The number of thioether (sulfide) groups is 1. The van der Waals surface area contributed by atoms with Gasteiger partial charge in [0.15, 0.2) is 16.7 Å². The van der Waals surface area contributed by atoms with Gasteiger partial charge in [-0.05, 0) is 30.9 Å². The zero-order valence-corrected chi connectivity index (χ0v) is 12.1. The number of aliphatic imine (C=N–C) groups is 1. The van der Waals surface area contributed by atoms with Gasteiger partial charge in [0.1, 0.15) is 0 Å². The largest absolute Gasteiger partial charge is 0.454 e. The Labute approximate surface area is 122 Å². The van der Waals surface area contributed by atoms with Gasteiger partial charge in [-0.2, -0.15) is 0 Å². The molecule has 2 aliphatic heterocycles. The summed E-state index contributed by atoms with van der Waals surface area (Å²) in [6.45, 7) is 0.318. The van der Waals surface area contributed by atoms with Gasteiger partial charge in [-0.3, -0.25) is 4.99 Å². The number of hydrogen-bond donors (Lipinski definition) is 1. The van der Waals surface area contributed by atoms with E-state index in [1.807, 2.05) is 30.0 Å². The quantitative estimate of drug-likeness (QED) is 0.860. The first-order valence-electron chi connectivity index (χ1n) is 7.26. The Kier molecular flexibility index (Phi) is 3.22. The maximum atomic E-state index is 5.41. The molecule has 1 fully saturated rings. The van der Waals surface area contributed by atoms with Crippen molar-refractivity contribution in [3.05, 3.63) is 18.2 Å². The molecule has 0 saturated heterocycles. The van der Waals surface area contributed by atoms with Crippen LogP contribution in [-0.2, 0) is 0 Å². The fourth-order valence-corrected chi connectivity index (χ4v) is 4.25. The Morgan fingerprint density at radius 1 is 1.15 bits per heavy atom. The molecule has 0 bridgehead atoms. The molecule has 0 spiro atoms. The van der Waals surface area contributed by atoms with E-state index < -0.39 is 0 Å². The summed E-state index contributed by atoms with van der Waals surface area (Å²) in [5, 5.41) is 4.47. The van der Waals surface area contributed by atoms with Crippen molar-refractivity contribution in [1.82, 2.24) is 0 Å². The van der Waals surface area contributed by atoms with Crippen molar-refractivity contribution in [3.63, 3.8) is 0 Å². The second-order valence-electron chi connectivity index (χ2n) is 5.55. The Morgan fingerprint density at radius 2 is 2.05 bits per heavy atom. The summed E-state index contributed by atoms with van der Waals surface area (Å²) in [5.74, 6) is 3.62. The van der Waals surface area contributed by atoms with E-state index in [1.54, 1.807) is 0 Å². The predicted octanol–water partition coefficient (Wildman–Crippen LogP) is 3.49. The minimum Gasteiger partial charge on any atom is -0.454 e. The number of rotatable bonds is 1. The van der Waals surface area contributed by atoms with Crippen LogP contribution < -0.4 is 14.8 Å². The number of amidine groups is 1. The zero-order valence-electron chi connectivity index (χ0n) is 11.3. The molecule has 3 aliphatic rings. The standard InChI is InChI=1S/C15H18N2O2S/c1-2-4-12-10(3-1)8-20-15(17-12)16-11-5-6-13-14(7-11)19-9-18-13/h5-7,10,12H,1-4,8-9H2,(H,16,17). The van der Waals surface area contributed by atoms with E-state index in [2.05, 4.69) is 5.32 Å². The lowest BCUT2D eigenvalue weighted by Crippen LogP contribution is -2.31. The molecule has 1 aliphatic carbocycles. The normalized spacial score (nSPS) is 27.7. The number of ether oxygens (including phenoxy) is 2. The van der Waals surface area contributed by atoms with Crippen LogP contribution in [0.25, 0.3) is 0 Å². The predicted molar refractivity (Wildman–Crippen MR) is 81.8 cm³/mol. The van der Waals surface area contributed by atoms with Crippen LogP contribution in [0.1, 0.15) is 25.7 Å². The third-order valence-corrected chi connectivity index (χ3v) is 5.29. The molecule has 1 aromatic rings. The molecule has 1 saturated carbocycles. The van der Waals surface area contributed by atoms with Crippen molar-refractivity contribution in [2.75, 3.05) is 17.9 Å². The summed E-state index contributed by atoms with van der Waals surface area (Å²) in [6.07, 6.45) is 5.30. The highest BCUT2D eigenvalue weighted by molar-refractivity contribution is 8.14. The fraction of sp³-hybridized carbons (Fsp3) is 0.533. The highest BCUT2D eigenvalue weighted by Gasteiger charge is 2.29. The van der Waals surface area contributed by atoms with Crippen LogP contribution in [0.2, 0.25) is 0 Å².